The van der Waals surface area contributed by atoms with E-state index in [0.717, 1.165) is 17.7 Å². The number of rotatable bonds is 4. The molecule has 4 rings (SSSR count). The first-order valence-electron chi connectivity index (χ1n) is 8.31. The summed E-state index contributed by atoms with van der Waals surface area (Å²) in [6.07, 6.45) is 5.53. The second kappa shape index (κ2) is 7.21. The number of anilines is 1. The largest absolute Gasteiger partial charge is 0.472 e. The van der Waals surface area contributed by atoms with Crippen LogP contribution in [0.3, 0.4) is 0 Å². The van der Waals surface area contributed by atoms with Gasteiger partial charge in [-0.1, -0.05) is 23.2 Å². The van der Waals surface area contributed by atoms with Gasteiger partial charge in [0.05, 0.1) is 35.3 Å². The predicted octanol–water partition coefficient (Wildman–Crippen LogP) is 2.53. The van der Waals surface area contributed by atoms with Gasteiger partial charge in [-0.05, 0) is 6.07 Å². The molecule has 140 valence electrons. The Morgan fingerprint density at radius 2 is 2.19 bits per heavy atom. The number of nitrogens with zero attached hydrogens (tertiary/aromatic N) is 5. The van der Waals surface area contributed by atoms with Crippen molar-refractivity contribution >= 4 is 28.9 Å². The third-order valence-corrected chi connectivity index (χ3v) is 5.09. The highest BCUT2D eigenvalue weighted by molar-refractivity contribution is 6.33. The monoisotopic (exact) mass is 406 g/mol. The minimum atomic E-state index is -0.402. The van der Waals surface area contributed by atoms with Gasteiger partial charge < -0.3 is 9.64 Å². The summed E-state index contributed by atoms with van der Waals surface area (Å²) in [5.41, 5.74) is 1.89. The number of H-pyrrole nitrogens is 1. The minimum absolute atomic E-state index is 0.0786. The maximum Gasteiger partial charge on any atom is 0.285 e. The van der Waals surface area contributed by atoms with Crippen LogP contribution < -0.4 is 15.2 Å². The molecule has 0 aliphatic carbocycles. The summed E-state index contributed by atoms with van der Waals surface area (Å²) in [7, 11) is 1.83. The van der Waals surface area contributed by atoms with Crippen molar-refractivity contribution in [1.82, 2.24) is 25.0 Å². The predicted molar refractivity (Wildman–Crippen MR) is 103 cm³/mol. The topological polar surface area (TPSA) is 88.9 Å². The zero-order chi connectivity index (χ0) is 19.0. The van der Waals surface area contributed by atoms with E-state index < -0.39 is 5.56 Å². The zero-order valence-electron chi connectivity index (χ0n) is 14.4. The molecule has 0 saturated carbocycles. The Morgan fingerprint density at radius 3 is 2.96 bits per heavy atom. The van der Waals surface area contributed by atoms with Gasteiger partial charge >= 0.3 is 0 Å². The first-order valence-corrected chi connectivity index (χ1v) is 9.07. The highest BCUT2D eigenvalue weighted by Crippen LogP contribution is 2.30. The molecule has 1 fully saturated rings. The number of aryl methyl sites for hydroxylation is 1. The summed E-state index contributed by atoms with van der Waals surface area (Å²) < 4.78 is 7.75. The highest BCUT2D eigenvalue weighted by atomic mass is 35.5. The van der Waals surface area contributed by atoms with Crippen LogP contribution in [0.15, 0.2) is 35.5 Å². The molecule has 1 aliphatic heterocycles. The van der Waals surface area contributed by atoms with Crippen LogP contribution in [0.4, 0.5) is 5.69 Å². The van der Waals surface area contributed by atoms with Crippen molar-refractivity contribution in [3.05, 3.63) is 51.1 Å². The smallest absolute Gasteiger partial charge is 0.285 e. The van der Waals surface area contributed by atoms with E-state index >= 15 is 0 Å². The third kappa shape index (κ3) is 3.50. The molecule has 1 aliphatic rings. The molecule has 1 N–H and O–H groups in total. The summed E-state index contributed by atoms with van der Waals surface area (Å²) >= 11 is 12.3. The standard InChI is InChI=1S/C17H16Cl2N6O2/c1-24-16(12(18)7-22-24)10-2-4-20-14(6-10)27-11-3-5-25(9-11)13-8-21-23-17(26)15(13)19/h2,4,6-8,11H,3,5,9H2,1H3,(H,23,26)/t11-/m1/s1. The fourth-order valence-corrected chi connectivity index (χ4v) is 3.65. The number of pyridine rings is 1. The summed E-state index contributed by atoms with van der Waals surface area (Å²) in [6, 6.07) is 3.70. The number of aromatic nitrogens is 5. The maximum atomic E-state index is 11.6. The Balaban J connectivity index is 1.50. The first-order chi connectivity index (χ1) is 13.0. The number of hydrogen-bond donors (Lipinski definition) is 1. The Bertz CT molecular complexity index is 1010. The van der Waals surface area contributed by atoms with Crippen molar-refractivity contribution < 1.29 is 4.74 Å². The fraction of sp³-hybridized carbons (Fsp3) is 0.294. The summed E-state index contributed by atoms with van der Waals surface area (Å²) in [6.45, 7) is 1.30. The van der Waals surface area contributed by atoms with Crippen LogP contribution in [0.5, 0.6) is 5.88 Å². The molecule has 0 bridgehead atoms. The van der Waals surface area contributed by atoms with Crippen LogP contribution in [0, 0.1) is 0 Å². The summed E-state index contributed by atoms with van der Waals surface area (Å²) in [5, 5.41) is 11.0. The molecule has 0 amide bonds. The quantitative estimate of drug-likeness (QED) is 0.715. The average Bonchev–Trinajstić information content (AvgIpc) is 3.24. The number of ether oxygens (including phenoxy) is 1. The van der Waals surface area contributed by atoms with E-state index in [9.17, 15) is 4.79 Å². The Labute approximate surface area is 164 Å². The van der Waals surface area contributed by atoms with E-state index in [4.69, 9.17) is 27.9 Å². The van der Waals surface area contributed by atoms with Crippen LogP contribution in [0.2, 0.25) is 10.0 Å². The van der Waals surface area contributed by atoms with Crippen LogP contribution in [0.1, 0.15) is 6.42 Å². The van der Waals surface area contributed by atoms with Crippen LogP contribution in [0.25, 0.3) is 11.3 Å². The van der Waals surface area contributed by atoms with Crippen molar-refractivity contribution in [1.29, 1.82) is 0 Å². The highest BCUT2D eigenvalue weighted by Gasteiger charge is 2.27. The van der Waals surface area contributed by atoms with Crippen LogP contribution in [-0.4, -0.2) is 44.2 Å². The van der Waals surface area contributed by atoms with Gasteiger partial charge in [-0.25, -0.2) is 10.1 Å². The van der Waals surface area contributed by atoms with Crippen molar-refractivity contribution in [2.45, 2.75) is 12.5 Å². The summed E-state index contributed by atoms with van der Waals surface area (Å²) in [4.78, 5) is 17.9. The second-order valence-electron chi connectivity index (χ2n) is 6.22. The maximum absolute atomic E-state index is 11.6. The molecule has 27 heavy (non-hydrogen) atoms. The van der Waals surface area contributed by atoms with E-state index in [0.29, 0.717) is 29.7 Å². The molecule has 0 unspecified atom stereocenters. The molecule has 3 aromatic heterocycles. The van der Waals surface area contributed by atoms with Gasteiger partial charge in [0.1, 0.15) is 11.1 Å². The van der Waals surface area contributed by atoms with E-state index in [1.807, 2.05) is 24.1 Å². The lowest BCUT2D eigenvalue weighted by molar-refractivity contribution is 0.216. The lowest BCUT2D eigenvalue weighted by atomic mass is 10.2. The number of nitrogens with one attached hydrogen (secondary N) is 1. The first kappa shape index (κ1) is 17.8. The summed E-state index contributed by atoms with van der Waals surface area (Å²) in [5.74, 6) is 0.506. The molecule has 4 heterocycles. The molecule has 0 spiro atoms. The van der Waals surface area contributed by atoms with Gasteiger partial charge in [0.2, 0.25) is 5.88 Å². The number of halogens is 2. The van der Waals surface area contributed by atoms with Gasteiger partial charge in [-0.15, -0.1) is 0 Å². The molecule has 8 nitrogen and oxygen atoms in total. The van der Waals surface area contributed by atoms with Gasteiger partial charge in [0, 0.05) is 37.8 Å². The normalized spacial score (nSPS) is 16.7. The van der Waals surface area contributed by atoms with Gasteiger partial charge in [-0.2, -0.15) is 10.2 Å². The average molecular weight is 407 g/mol. The molecule has 10 heteroatoms. The van der Waals surface area contributed by atoms with Crippen LogP contribution >= 0.6 is 23.2 Å². The molecular weight excluding hydrogens is 391 g/mol. The molecule has 3 aromatic rings. The van der Waals surface area contributed by atoms with E-state index in [1.165, 1.54) is 0 Å². The molecule has 1 saturated heterocycles. The molecule has 1 atom stereocenters. The van der Waals surface area contributed by atoms with Crippen molar-refractivity contribution in [3.8, 4) is 17.1 Å². The van der Waals surface area contributed by atoms with E-state index in [1.54, 1.807) is 23.3 Å². The Hall–Kier alpha value is -2.58. The van der Waals surface area contributed by atoms with Gasteiger partial charge in [-0.3, -0.25) is 9.48 Å². The van der Waals surface area contributed by atoms with E-state index in [2.05, 4.69) is 20.3 Å². The van der Waals surface area contributed by atoms with Crippen molar-refractivity contribution in [3.63, 3.8) is 0 Å². The lowest BCUT2D eigenvalue weighted by Gasteiger charge is -2.19. The lowest BCUT2D eigenvalue weighted by Crippen LogP contribution is -2.26. The second-order valence-corrected chi connectivity index (χ2v) is 7.01. The zero-order valence-corrected chi connectivity index (χ0v) is 15.9. The number of aromatic amines is 1. The third-order valence-electron chi connectivity index (χ3n) is 4.45. The van der Waals surface area contributed by atoms with Crippen LogP contribution in [-0.2, 0) is 7.05 Å². The van der Waals surface area contributed by atoms with Crippen molar-refractivity contribution in [2.75, 3.05) is 18.0 Å². The molecule has 0 aromatic carbocycles. The minimum Gasteiger partial charge on any atom is -0.472 e. The van der Waals surface area contributed by atoms with Gasteiger partial charge in [0.25, 0.3) is 5.56 Å². The SMILES string of the molecule is Cn1ncc(Cl)c1-c1ccnc(O[C@@H]2CCN(c3cn[nH]c(=O)c3Cl)C2)c1. The molecule has 0 radical (unpaired) electrons. The molecular formula is C17H16Cl2N6O2. The fourth-order valence-electron chi connectivity index (χ4n) is 3.17. The Morgan fingerprint density at radius 1 is 1.33 bits per heavy atom. The number of hydrogen-bond acceptors (Lipinski definition) is 6. The van der Waals surface area contributed by atoms with E-state index in [-0.39, 0.29) is 11.1 Å². The van der Waals surface area contributed by atoms with Gasteiger partial charge in [0.15, 0.2) is 0 Å². The Kier molecular flexibility index (Phi) is 4.75. The van der Waals surface area contributed by atoms with Crippen molar-refractivity contribution in [2.24, 2.45) is 7.05 Å².